The van der Waals surface area contributed by atoms with Gasteiger partial charge in [-0.05, 0) is 56.7 Å². The van der Waals surface area contributed by atoms with Crippen LogP contribution in [0.5, 0.6) is 0 Å². The molecule has 3 nitrogen and oxygen atoms in total. The molecule has 0 unspecified atom stereocenters. The van der Waals surface area contributed by atoms with Crippen molar-refractivity contribution in [3.05, 3.63) is 64.2 Å². The summed E-state index contributed by atoms with van der Waals surface area (Å²) in [6.45, 7) is 5.99. The highest BCUT2D eigenvalue weighted by Gasteiger charge is 2.05. The van der Waals surface area contributed by atoms with Crippen LogP contribution in [-0.2, 0) is 4.79 Å². The maximum atomic E-state index is 11.9. The highest BCUT2D eigenvalue weighted by Crippen LogP contribution is 2.20. The largest absolute Gasteiger partial charge is 0.273 e. The number of thioether (sulfide) groups is 1. The lowest BCUT2D eigenvalue weighted by molar-refractivity contribution is -0.120. The Balaban J connectivity index is 1.83. The fraction of sp³-hybridized carbons (Fsp3) is 0.263. The van der Waals surface area contributed by atoms with Gasteiger partial charge in [0.25, 0.3) is 0 Å². The highest BCUT2D eigenvalue weighted by atomic mass is 35.5. The zero-order valence-electron chi connectivity index (χ0n) is 14.1. The van der Waals surface area contributed by atoms with Crippen LogP contribution in [0.2, 0.25) is 5.02 Å². The molecule has 1 amide bonds. The average molecular weight is 361 g/mol. The van der Waals surface area contributed by atoms with Crippen molar-refractivity contribution in [2.75, 3.05) is 5.75 Å². The first-order valence-electron chi connectivity index (χ1n) is 7.75. The summed E-state index contributed by atoms with van der Waals surface area (Å²) in [6, 6.07) is 13.8. The maximum Gasteiger partial charge on any atom is 0.240 e. The van der Waals surface area contributed by atoms with Gasteiger partial charge in [0.05, 0.1) is 5.71 Å². The number of halogens is 1. The molecule has 0 aliphatic heterocycles. The second-order valence-corrected chi connectivity index (χ2v) is 7.21. The molecule has 5 heteroatoms. The summed E-state index contributed by atoms with van der Waals surface area (Å²) in [7, 11) is 0. The molecule has 0 saturated carbocycles. The van der Waals surface area contributed by atoms with E-state index in [9.17, 15) is 4.79 Å². The number of hydrogen-bond donors (Lipinski definition) is 1. The smallest absolute Gasteiger partial charge is 0.240 e. The number of rotatable bonds is 6. The second kappa shape index (κ2) is 8.90. The van der Waals surface area contributed by atoms with Crippen LogP contribution in [0.15, 0.2) is 52.5 Å². The lowest BCUT2D eigenvalue weighted by Gasteiger charge is -2.07. The van der Waals surface area contributed by atoms with E-state index in [4.69, 9.17) is 11.6 Å². The molecule has 0 atom stereocenters. The molecule has 0 aliphatic carbocycles. The molecule has 0 bridgehead atoms. The first kappa shape index (κ1) is 18.6. The molecule has 0 heterocycles. The van der Waals surface area contributed by atoms with E-state index in [-0.39, 0.29) is 5.91 Å². The topological polar surface area (TPSA) is 41.5 Å². The molecular weight excluding hydrogens is 340 g/mol. The summed E-state index contributed by atoms with van der Waals surface area (Å²) in [4.78, 5) is 13.0. The van der Waals surface area contributed by atoms with Crippen molar-refractivity contribution in [2.24, 2.45) is 5.10 Å². The minimum absolute atomic E-state index is 0.0823. The van der Waals surface area contributed by atoms with Gasteiger partial charge in [0.15, 0.2) is 0 Å². The Hall–Kier alpha value is -1.78. The number of hydrogen-bond acceptors (Lipinski definition) is 3. The van der Waals surface area contributed by atoms with Crippen LogP contribution in [-0.4, -0.2) is 17.4 Å². The van der Waals surface area contributed by atoms with E-state index in [0.29, 0.717) is 17.2 Å². The molecule has 2 rings (SSSR count). The number of aryl methyl sites for hydroxylation is 2. The van der Waals surface area contributed by atoms with E-state index in [1.807, 2.05) is 45.0 Å². The third-order valence-electron chi connectivity index (χ3n) is 3.54. The van der Waals surface area contributed by atoms with Crippen molar-refractivity contribution >= 4 is 35.0 Å². The Morgan fingerprint density at radius 2 is 1.88 bits per heavy atom. The fourth-order valence-electron chi connectivity index (χ4n) is 2.18. The number of amides is 1. The van der Waals surface area contributed by atoms with Gasteiger partial charge in [-0.25, -0.2) is 5.43 Å². The van der Waals surface area contributed by atoms with Crippen LogP contribution in [0.25, 0.3) is 0 Å². The lowest BCUT2D eigenvalue weighted by atomic mass is 10.0. The van der Waals surface area contributed by atoms with Gasteiger partial charge >= 0.3 is 0 Å². The van der Waals surface area contributed by atoms with Gasteiger partial charge in [-0.2, -0.15) is 5.10 Å². The first-order chi connectivity index (χ1) is 11.5. The third-order valence-corrected chi connectivity index (χ3v) is 4.81. The number of nitrogens with zero attached hydrogens (tertiary/aromatic N) is 1. The van der Waals surface area contributed by atoms with Crippen LogP contribution in [0.3, 0.4) is 0 Å². The highest BCUT2D eigenvalue weighted by molar-refractivity contribution is 7.99. The van der Waals surface area contributed by atoms with Crippen molar-refractivity contribution < 1.29 is 4.79 Å². The van der Waals surface area contributed by atoms with Gasteiger partial charge < -0.3 is 0 Å². The zero-order valence-corrected chi connectivity index (χ0v) is 15.7. The predicted octanol–water partition coefficient (Wildman–Crippen LogP) is 4.98. The minimum Gasteiger partial charge on any atom is -0.273 e. The van der Waals surface area contributed by atoms with Crippen molar-refractivity contribution in [2.45, 2.75) is 32.1 Å². The molecule has 126 valence electrons. The Labute approximate surface area is 152 Å². The number of benzene rings is 2. The molecule has 1 N–H and O–H groups in total. The van der Waals surface area contributed by atoms with Crippen LogP contribution in [0.1, 0.15) is 30.0 Å². The van der Waals surface area contributed by atoms with E-state index in [2.05, 4.69) is 28.7 Å². The minimum atomic E-state index is -0.0823. The Kier molecular flexibility index (Phi) is 6.88. The summed E-state index contributed by atoms with van der Waals surface area (Å²) < 4.78 is 0. The molecule has 0 radical (unpaired) electrons. The summed E-state index contributed by atoms with van der Waals surface area (Å²) in [5.41, 5.74) is 6.84. The van der Waals surface area contributed by atoms with Crippen molar-refractivity contribution in [1.29, 1.82) is 0 Å². The number of carbonyl (C=O) groups excluding carboxylic acids is 1. The van der Waals surface area contributed by atoms with Gasteiger partial charge in [-0.1, -0.05) is 29.3 Å². The van der Waals surface area contributed by atoms with Crippen molar-refractivity contribution in [3.63, 3.8) is 0 Å². The molecule has 2 aromatic carbocycles. The van der Waals surface area contributed by atoms with Gasteiger partial charge in [0.2, 0.25) is 5.91 Å². The normalized spacial score (nSPS) is 11.4. The van der Waals surface area contributed by atoms with Gasteiger partial charge in [0.1, 0.15) is 0 Å². The molecule has 2 aromatic rings. The van der Waals surface area contributed by atoms with E-state index in [0.717, 1.165) is 21.7 Å². The summed E-state index contributed by atoms with van der Waals surface area (Å²) >= 11 is 7.47. The van der Waals surface area contributed by atoms with Crippen LogP contribution < -0.4 is 5.43 Å². The van der Waals surface area contributed by atoms with E-state index >= 15 is 0 Å². The van der Waals surface area contributed by atoms with Crippen LogP contribution in [0.4, 0.5) is 0 Å². The molecule has 0 aliphatic rings. The average Bonchev–Trinajstić information content (AvgIpc) is 2.56. The lowest BCUT2D eigenvalue weighted by Crippen LogP contribution is -2.19. The van der Waals surface area contributed by atoms with Gasteiger partial charge in [0, 0.05) is 27.7 Å². The summed E-state index contributed by atoms with van der Waals surface area (Å²) in [5, 5.41) is 4.94. The summed E-state index contributed by atoms with van der Waals surface area (Å²) in [5.74, 6) is 0.618. The van der Waals surface area contributed by atoms with Crippen molar-refractivity contribution in [3.8, 4) is 0 Å². The maximum absolute atomic E-state index is 11.9. The number of carbonyl (C=O) groups is 1. The van der Waals surface area contributed by atoms with Gasteiger partial charge in [-0.15, -0.1) is 11.8 Å². The number of hydrazone groups is 1. The zero-order chi connectivity index (χ0) is 17.5. The molecule has 0 aromatic heterocycles. The van der Waals surface area contributed by atoms with E-state index in [1.165, 1.54) is 5.56 Å². The predicted molar refractivity (Wildman–Crippen MR) is 103 cm³/mol. The monoisotopic (exact) mass is 360 g/mol. The Morgan fingerprint density at radius 3 is 2.58 bits per heavy atom. The first-order valence-corrected chi connectivity index (χ1v) is 9.11. The van der Waals surface area contributed by atoms with Crippen molar-refractivity contribution in [1.82, 2.24) is 5.43 Å². The standard InChI is InChI=1S/C19H21ClN2OS/c1-13-4-5-14(2)18(12-13)15(3)21-22-19(23)10-11-24-17-8-6-16(20)7-9-17/h4-9,12H,10-11H2,1-3H3,(H,22,23)/b21-15-. The Bertz CT molecular complexity index is 742. The SMILES string of the molecule is C/C(=N/NC(=O)CCSc1ccc(Cl)cc1)c1cc(C)ccc1C. The third kappa shape index (κ3) is 5.69. The van der Waals surface area contributed by atoms with Gasteiger partial charge in [-0.3, -0.25) is 4.79 Å². The van der Waals surface area contributed by atoms with E-state index < -0.39 is 0 Å². The number of nitrogens with one attached hydrogen (secondary N) is 1. The second-order valence-electron chi connectivity index (χ2n) is 5.60. The van der Waals surface area contributed by atoms with Crippen LogP contribution >= 0.6 is 23.4 Å². The van der Waals surface area contributed by atoms with Crippen LogP contribution in [0, 0.1) is 13.8 Å². The Morgan fingerprint density at radius 1 is 1.17 bits per heavy atom. The molecule has 0 fully saturated rings. The fourth-order valence-corrected chi connectivity index (χ4v) is 3.16. The summed E-state index contributed by atoms with van der Waals surface area (Å²) in [6.07, 6.45) is 0.414. The quantitative estimate of drug-likeness (QED) is 0.448. The van der Waals surface area contributed by atoms with E-state index in [1.54, 1.807) is 11.8 Å². The molecular formula is C19H21ClN2OS. The molecule has 24 heavy (non-hydrogen) atoms. The molecule has 0 saturated heterocycles. The molecule has 0 spiro atoms.